The van der Waals surface area contributed by atoms with E-state index in [2.05, 4.69) is 5.32 Å². The Labute approximate surface area is 118 Å². The molecule has 0 radical (unpaired) electrons. The third-order valence-electron chi connectivity index (χ3n) is 3.27. The van der Waals surface area contributed by atoms with E-state index in [9.17, 15) is 4.79 Å². The molecule has 0 aliphatic carbocycles. The molecule has 0 spiro atoms. The first kappa shape index (κ1) is 14.2. The minimum absolute atomic E-state index is 0.00826. The van der Waals surface area contributed by atoms with Crippen LogP contribution in [0.5, 0.6) is 5.75 Å². The summed E-state index contributed by atoms with van der Waals surface area (Å²) in [7, 11) is 0. The number of hydrogen-bond acceptors (Lipinski definition) is 3. The highest BCUT2D eigenvalue weighted by Gasteiger charge is 2.28. The SMILES string of the molecule is CC(Oc1ccccc1Cl)C(=O)N1CCNC[C@@H]1C. The molecular weight excluding hydrogens is 264 g/mol. The lowest BCUT2D eigenvalue weighted by Gasteiger charge is -2.35. The largest absolute Gasteiger partial charge is 0.479 e. The van der Waals surface area contributed by atoms with Gasteiger partial charge in [0.1, 0.15) is 5.75 Å². The molecule has 2 rings (SSSR count). The van der Waals surface area contributed by atoms with Gasteiger partial charge in [0.15, 0.2) is 6.10 Å². The maximum absolute atomic E-state index is 12.4. The first-order valence-electron chi connectivity index (χ1n) is 6.52. The number of halogens is 1. The zero-order valence-electron chi connectivity index (χ0n) is 11.2. The zero-order valence-corrected chi connectivity index (χ0v) is 12.0. The number of para-hydroxylation sites is 1. The minimum atomic E-state index is -0.527. The van der Waals surface area contributed by atoms with Gasteiger partial charge in [0.2, 0.25) is 0 Å². The van der Waals surface area contributed by atoms with E-state index >= 15 is 0 Å². The summed E-state index contributed by atoms with van der Waals surface area (Å²) < 4.78 is 5.66. The molecule has 1 aliphatic rings. The van der Waals surface area contributed by atoms with Crippen LogP contribution in [0.25, 0.3) is 0 Å². The van der Waals surface area contributed by atoms with E-state index in [1.165, 1.54) is 0 Å². The fourth-order valence-electron chi connectivity index (χ4n) is 2.18. The zero-order chi connectivity index (χ0) is 13.8. The Morgan fingerprint density at radius 1 is 1.53 bits per heavy atom. The Morgan fingerprint density at radius 2 is 2.26 bits per heavy atom. The predicted octanol–water partition coefficient (Wildman–Crippen LogP) is 1.93. The van der Waals surface area contributed by atoms with Crippen molar-refractivity contribution in [2.45, 2.75) is 26.0 Å². The Balaban J connectivity index is 2.01. The number of carbonyl (C=O) groups is 1. The molecule has 1 unspecified atom stereocenters. The van der Waals surface area contributed by atoms with Gasteiger partial charge in [-0.2, -0.15) is 0 Å². The van der Waals surface area contributed by atoms with E-state index in [0.717, 1.165) is 19.6 Å². The predicted molar refractivity (Wildman–Crippen MR) is 75.6 cm³/mol. The molecule has 19 heavy (non-hydrogen) atoms. The van der Waals surface area contributed by atoms with Gasteiger partial charge in [-0.1, -0.05) is 23.7 Å². The summed E-state index contributed by atoms with van der Waals surface area (Å²) in [6, 6.07) is 7.39. The van der Waals surface area contributed by atoms with Crippen LogP contribution in [0.2, 0.25) is 5.02 Å². The highest BCUT2D eigenvalue weighted by Crippen LogP contribution is 2.24. The maximum Gasteiger partial charge on any atom is 0.263 e. The minimum Gasteiger partial charge on any atom is -0.479 e. The lowest BCUT2D eigenvalue weighted by Crippen LogP contribution is -2.55. The maximum atomic E-state index is 12.4. The van der Waals surface area contributed by atoms with Gasteiger partial charge in [-0.3, -0.25) is 4.79 Å². The molecule has 1 amide bonds. The second-order valence-electron chi connectivity index (χ2n) is 4.78. The van der Waals surface area contributed by atoms with Crippen LogP contribution in [0.15, 0.2) is 24.3 Å². The van der Waals surface area contributed by atoms with Crippen LogP contribution in [0.1, 0.15) is 13.8 Å². The smallest absolute Gasteiger partial charge is 0.263 e. The second-order valence-corrected chi connectivity index (χ2v) is 5.18. The number of amides is 1. The molecule has 104 valence electrons. The van der Waals surface area contributed by atoms with Crippen molar-refractivity contribution >= 4 is 17.5 Å². The topological polar surface area (TPSA) is 41.6 Å². The lowest BCUT2D eigenvalue weighted by atomic mass is 10.2. The monoisotopic (exact) mass is 282 g/mol. The fourth-order valence-corrected chi connectivity index (χ4v) is 2.36. The number of ether oxygens (including phenoxy) is 1. The van der Waals surface area contributed by atoms with E-state index in [1.807, 2.05) is 24.0 Å². The van der Waals surface area contributed by atoms with Crippen molar-refractivity contribution in [3.05, 3.63) is 29.3 Å². The second kappa shape index (κ2) is 6.26. The summed E-state index contributed by atoms with van der Waals surface area (Å²) in [6.07, 6.45) is -0.527. The standard InChI is InChI=1S/C14H19ClN2O2/c1-10-9-16-7-8-17(10)14(18)11(2)19-13-6-4-3-5-12(13)15/h3-6,10-11,16H,7-9H2,1-2H3/t10-,11?/m0/s1. The van der Waals surface area contributed by atoms with Crippen LogP contribution >= 0.6 is 11.6 Å². The highest BCUT2D eigenvalue weighted by atomic mass is 35.5. The Morgan fingerprint density at radius 3 is 2.95 bits per heavy atom. The summed E-state index contributed by atoms with van der Waals surface area (Å²) in [5.41, 5.74) is 0. The number of carbonyl (C=O) groups excluding carboxylic acids is 1. The summed E-state index contributed by atoms with van der Waals surface area (Å²) in [5, 5.41) is 3.78. The van der Waals surface area contributed by atoms with Gasteiger partial charge >= 0.3 is 0 Å². The van der Waals surface area contributed by atoms with E-state index in [1.54, 1.807) is 19.1 Å². The van der Waals surface area contributed by atoms with Crippen molar-refractivity contribution in [2.75, 3.05) is 19.6 Å². The number of nitrogens with one attached hydrogen (secondary N) is 1. The molecule has 1 aromatic carbocycles. The Bertz CT molecular complexity index is 453. The highest BCUT2D eigenvalue weighted by molar-refractivity contribution is 6.32. The van der Waals surface area contributed by atoms with Crippen LogP contribution in [0.3, 0.4) is 0 Å². The van der Waals surface area contributed by atoms with Gasteiger partial charge in [-0.05, 0) is 26.0 Å². The summed E-state index contributed by atoms with van der Waals surface area (Å²) in [5.74, 6) is 0.557. The quantitative estimate of drug-likeness (QED) is 0.921. The average Bonchev–Trinajstić information content (AvgIpc) is 2.41. The summed E-state index contributed by atoms with van der Waals surface area (Å²) in [6.45, 7) is 6.17. The molecule has 4 nitrogen and oxygen atoms in total. The lowest BCUT2D eigenvalue weighted by molar-refractivity contribution is -0.140. The van der Waals surface area contributed by atoms with Crippen LogP contribution in [0.4, 0.5) is 0 Å². The Hall–Kier alpha value is -1.26. The Kier molecular flexibility index (Phi) is 4.66. The molecule has 1 fully saturated rings. The van der Waals surface area contributed by atoms with Crippen molar-refractivity contribution in [1.29, 1.82) is 0 Å². The molecular formula is C14H19ClN2O2. The number of hydrogen-bond donors (Lipinski definition) is 1. The first-order chi connectivity index (χ1) is 9.09. The number of rotatable bonds is 3. The molecule has 1 aliphatic heterocycles. The van der Waals surface area contributed by atoms with Gasteiger partial charge in [0, 0.05) is 25.7 Å². The van der Waals surface area contributed by atoms with Gasteiger partial charge < -0.3 is 15.0 Å². The molecule has 1 saturated heterocycles. The fraction of sp³-hybridized carbons (Fsp3) is 0.500. The summed E-state index contributed by atoms with van der Waals surface area (Å²) >= 11 is 6.03. The average molecular weight is 283 g/mol. The number of benzene rings is 1. The molecule has 5 heteroatoms. The van der Waals surface area contributed by atoms with Crippen LogP contribution in [0, 0.1) is 0 Å². The van der Waals surface area contributed by atoms with Gasteiger partial charge in [-0.15, -0.1) is 0 Å². The van der Waals surface area contributed by atoms with Crippen molar-refractivity contribution in [3.63, 3.8) is 0 Å². The van der Waals surface area contributed by atoms with Gasteiger partial charge in [0.25, 0.3) is 5.91 Å². The van der Waals surface area contributed by atoms with E-state index < -0.39 is 6.10 Å². The molecule has 1 aromatic rings. The van der Waals surface area contributed by atoms with E-state index in [0.29, 0.717) is 10.8 Å². The van der Waals surface area contributed by atoms with Crippen LogP contribution in [-0.4, -0.2) is 42.6 Å². The van der Waals surface area contributed by atoms with E-state index in [4.69, 9.17) is 16.3 Å². The van der Waals surface area contributed by atoms with Crippen molar-refractivity contribution in [2.24, 2.45) is 0 Å². The first-order valence-corrected chi connectivity index (χ1v) is 6.90. The molecule has 0 saturated carbocycles. The van der Waals surface area contributed by atoms with Gasteiger partial charge in [0.05, 0.1) is 5.02 Å². The molecule has 0 bridgehead atoms. The molecule has 1 N–H and O–H groups in total. The third-order valence-corrected chi connectivity index (χ3v) is 3.58. The molecule has 2 atom stereocenters. The van der Waals surface area contributed by atoms with Crippen molar-refractivity contribution < 1.29 is 9.53 Å². The number of piperazine rings is 1. The van der Waals surface area contributed by atoms with Crippen molar-refractivity contribution in [3.8, 4) is 5.75 Å². The van der Waals surface area contributed by atoms with Crippen LogP contribution in [-0.2, 0) is 4.79 Å². The number of nitrogens with zero attached hydrogens (tertiary/aromatic N) is 1. The summed E-state index contributed by atoms with van der Waals surface area (Å²) in [4.78, 5) is 14.2. The third kappa shape index (κ3) is 3.39. The molecule has 0 aromatic heterocycles. The van der Waals surface area contributed by atoms with E-state index in [-0.39, 0.29) is 11.9 Å². The van der Waals surface area contributed by atoms with Crippen LogP contribution < -0.4 is 10.1 Å². The molecule has 1 heterocycles. The van der Waals surface area contributed by atoms with Gasteiger partial charge in [-0.25, -0.2) is 0 Å². The normalized spacial score (nSPS) is 21.0. The van der Waals surface area contributed by atoms with Crippen molar-refractivity contribution in [1.82, 2.24) is 10.2 Å².